The molecule has 1 saturated heterocycles. The van der Waals surface area contributed by atoms with E-state index >= 15 is 0 Å². The van der Waals surface area contributed by atoms with Gasteiger partial charge in [0.25, 0.3) is 6.48 Å². The summed E-state index contributed by atoms with van der Waals surface area (Å²) in [5.74, 6) is 0. The highest BCUT2D eigenvalue weighted by molar-refractivity contribution is 5.97. The van der Waals surface area contributed by atoms with Crippen molar-refractivity contribution in [3.8, 4) is 0 Å². The molecule has 5 heteroatoms. The predicted octanol–water partition coefficient (Wildman–Crippen LogP) is -1.45. The van der Waals surface area contributed by atoms with Gasteiger partial charge in [-0.05, 0) is 0 Å². The lowest BCUT2D eigenvalue weighted by molar-refractivity contribution is -0.358. The van der Waals surface area contributed by atoms with E-state index in [1.54, 1.807) is 0 Å². The zero-order chi connectivity index (χ0) is 5.82. The van der Waals surface area contributed by atoms with Gasteiger partial charge >= 0.3 is 0 Å². The molecule has 1 aliphatic rings. The molecule has 0 aromatic rings. The third-order valence-corrected chi connectivity index (χ3v) is 1.15. The van der Waals surface area contributed by atoms with Gasteiger partial charge in [0.05, 0.1) is 0 Å². The number of hydrogen-bond acceptors (Lipinski definition) is 4. The second-order valence-corrected chi connectivity index (χ2v) is 1.77. The van der Waals surface area contributed by atoms with Crippen LogP contribution in [-0.4, -0.2) is 30.5 Å². The fraction of sp³-hybridized carbons (Fsp3) is 1.00. The molecule has 1 heterocycles. The quantitative estimate of drug-likeness (QED) is 0.413. The van der Waals surface area contributed by atoms with Crippen LogP contribution in [0, 0.1) is 0 Å². The Kier molecular flexibility index (Phi) is 2.44. The number of rotatable bonds is 1. The van der Waals surface area contributed by atoms with Gasteiger partial charge < -0.3 is 18.6 Å². The Hall–Kier alpha value is 0.0569. The molecule has 0 bridgehead atoms. The highest BCUT2D eigenvalue weighted by Gasteiger charge is 2.10. The van der Waals surface area contributed by atoms with Gasteiger partial charge in [-0.3, -0.25) is 0 Å². The maximum absolute atomic E-state index is 4.81. The van der Waals surface area contributed by atoms with Crippen molar-refractivity contribution in [3.63, 3.8) is 0 Å². The Bertz CT molecular complexity index is 62.3. The standard InChI is InChI=1S/C3H8O4Si/c8-7-3-5-1-4-2-6-3/h3H,1-2H2,8H3. The zero-order valence-electron chi connectivity index (χ0n) is 4.62. The molecule has 0 aliphatic carbocycles. The smallest absolute Gasteiger partial charge is 0.265 e. The normalized spacial score (nSPS) is 24.0. The van der Waals surface area contributed by atoms with Crippen molar-refractivity contribution >= 4 is 10.5 Å². The zero-order valence-corrected chi connectivity index (χ0v) is 6.62. The third kappa shape index (κ3) is 1.53. The largest absolute Gasteiger partial charge is 0.383 e. The van der Waals surface area contributed by atoms with E-state index in [1.165, 1.54) is 0 Å². The van der Waals surface area contributed by atoms with Gasteiger partial charge in [0, 0.05) is 0 Å². The average Bonchev–Trinajstić information content (AvgIpc) is 1.90. The molecule has 1 rings (SSSR count). The minimum Gasteiger partial charge on any atom is -0.383 e. The first-order valence-corrected chi connectivity index (χ1v) is 3.09. The first-order valence-electron chi connectivity index (χ1n) is 2.27. The van der Waals surface area contributed by atoms with Crippen LogP contribution in [0.15, 0.2) is 0 Å². The van der Waals surface area contributed by atoms with Gasteiger partial charge in [-0.25, -0.2) is 0 Å². The van der Waals surface area contributed by atoms with Crippen LogP contribution in [0.4, 0.5) is 0 Å². The molecule has 48 valence electrons. The van der Waals surface area contributed by atoms with Gasteiger partial charge in [-0.2, -0.15) is 0 Å². The van der Waals surface area contributed by atoms with Gasteiger partial charge in [-0.1, -0.05) is 0 Å². The molecular formula is C3H8O4Si. The summed E-state index contributed by atoms with van der Waals surface area (Å²) in [7, 11) is 0.624. The molecule has 1 fully saturated rings. The highest BCUT2D eigenvalue weighted by atomic mass is 28.2. The summed E-state index contributed by atoms with van der Waals surface area (Å²) in [5.41, 5.74) is 0. The summed E-state index contributed by atoms with van der Waals surface area (Å²) in [6.45, 7) is 0.0650. The van der Waals surface area contributed by atoms with Crippen LogP contribution in [0.25, 0.3) is 0 Å². The minimum atomic E-state index is -0.476. The molecule has 0 N–H and O–H groups in total. The molecule has 0 spiro atoms. The first-order chi connectivity index (χ1) is 3.93. The monoisotopic (exact) mass is 136 g/mol. The molecule has 0 atom stereocenters. The van der Waals surface area contributed by atoms with Crippen molar-refractivity contribution in [3.05, 3.63) is 0 Å². The lowest BCUT2D eigenvalue weighted by Crippen LogP contribution is -2.28. The number of hydrogen-bond donors (Lipinski definition) is 0. The summed E-state index contributed by atoms with van der Waals surface area (Å²) in [4.78, 5) is 0. The van der Waals surface area contributed by atoms with E-state index < -0.39 is 6.48 Å². The van der Waals surface area contributed by atoms with Crippen LogP contribution >= 0.6 is 0 Å². The maximum atomic E-state index is 4.81. The average molecular weight is 136 g/mol. The van der Waals surface area contributed by atoms with Crippen LogP contribution in [0.2, 0.25) is 0 Å². The molecule has 1 aliphatic heterocycles. The van der Waals surface area contributed by atoms with Crippen LogP contribution in [0.5, 0.6) is 0 Å². The number of ether oxygens (including phenoxy) is 3. The van der Waals surface area contributed by atoms with Crippen molar-refractivity contribution in [2.75, 3.05) is 13.6 Å². The second kappa shape index (κ2) is 3.16. The summed E-state index contributed by atoms with van der Waals surface area (Å²) >= 11 is 0. The van der Waals surface area contributed by atoms with Crippen LogP contribution < -0.4 is 0 Å². The summed E-state index contributed by atoms with van der Waals surface area (Å²) in [5, 5.41) is 0. The van der Waals surface area contributed by atoms with Crippen LogP contribution in [0.1, 0.15) is 0 Å². The molecule has 0 amide bonds. The summed E-state index contributed by atoms with van der Waals surface area (Å²) < 4.78 is 19.1. The van der Waals surface area contributed by atoms with Crippen LogP contribution in [0.3, 0.4) is 0 Å². The minimum absolute atomic E-state index is 0.271. The maximum Gasteiger partial charge on any atom is 0.265 e. The Balaban J connectivity index is 2.13. The fourth-order valence-corrected chi connectivity index (χ4v) is 0.698. The Morgan fingerprint density at radius 1 is 1.38 bits per heavy atom. The third-order valence-electron chi connectivity index (χ3n) is 0.767. The van der Waals surface area contributed by atoms with Crippen molar-refractivity contribution < 1.29 is 18.6 Å². The molecule has 0 aromatic carbocycles. The van der Waals surface area contributed by atoms with E-state index in [1.807, 2.05) is 0 Å². The van der Waals surface area contributed by atoms with E-state index in [4.69, 9.17) is 18.6 Å². The van der Waals surface area contributed by atoms with Crippen molar-refractivity contribution in [2.24, 2.45) is 0 Å². The topological polar surface area (TPSA) is 36.9 Å². The van der Waals surface area contributed by atoms with Gasteiger partial charge in [0.2, 0.25) is 0 Å². The lowest BCUT2D eigenvalue weighted by Gasteiger charge is -2.21. The van der Waals surface area contributed by atoms with E-state index in [0.29, 0.717) is 10.5 Å². The van der Waals surface area contributed by atoms with Gasteiger partial charge in [0.15, 0.2) is 24.1 Å². The molecule has 4 nitrogen and oxygen atoms in total. The predicted molar refractivity (Wildman–Crippen MR) is 27.8 cm³/mol. The van der Waals surface area contributed by atoms with E-state index in [9.17, 15) is 0 Å². The molecular weight excluding hydrogens is 128 g/mol. The van der Waals surface area contributed by atoms with Gasteiger partial charge in [-0.15, -0.1) is 0 Å². The van der Waals surface area contributed by atoms with Gasteiger partial charge in [0.1, 0.15) is 0 Å². The molecule has 0 unspecified atom stereocenters. The molecule has 0 radical (unpaired) electrons. The molecule has 0 saturated carbocycles. The van der Waals surface area contributed by atoms with Crippen LogP contribution in [-0.2, 0) is 18.6 Å². The van der Waals surface area contributed by atoms with E-state index in [-0.39, 0.29) is 13.6 Å². The lowest BCUT2D eigenvalue weighted by atomic mass is 11.1. The first kappa shape index (κ1) is 6.18. The Morgan fingerprint density at radius 2 is 2.00 bits per heavy atom. The summed E-state index contributed by atoms with van der Waals surface area (Å²) in [6.07, 6.45) is 0. The SMILES string of the molecule is [SiH3]OC1OCOCO1. The Morgan fingerprint density at radius 3 is 2.38 bits per heavy atom. The molecule has 8 heavy (non-hydrogen) atoms. The molecule has 0 aromatic heterocycles. The van der Waals surface area contributed by atoms with Crippen molar-refractivity contribution in [1.82, 2.24) is 0 Å². The second-order valence-electron chi connectivity index (χ2n) is 1.30. The van der Waals surface area contributed by atoms with Crippen molar-refractivity contribution in [2.45, 2.75) is 6.48 Å². The summed E-state index contributed by atoms with van der Waals surface area (Å²) in [6, 6.07) is 0. The van der Waals surface area contributed by atoms with Crippen molar-refractivity contribution in [1.29, 1.82) is 0 Å². The highest BCUT2D eigenvalue weighted by Crippen LogP contribution is 2.00. The Labute approximate surface area is 50.2 Å². The fourth-order valence-electron chi connectivity index (χ4n) is 0.426. The van der Waals surface area contributed by atoms with E-state index in [0.717, 1.165) is 0 Å². The van der Waals surface area contributed by atoms with E-state index in [2.05, 4.69) is 0 Å².